The third-order valence-corrected chi connectivity index (χ3v) is 1.69. The summed E-state index contributed by atoms with van der Waals surface area (Å²) in [6.07, 6.45) is 1.34. The number of carboxylic acid groups (broad SMARTS) is 1. The average Bonchev–Trinajstić information content (AvgIpc) is 2.45. The molecule has 76 valence electrons. The largest absolute Gasteiger partial charge is 0.502 e. The molecule has 14 heavy (non-hydrogen) atoms. The normalized spacial score (nSPS) is 26.6. The van der Waals surface area contributed by atoms with Gasteiger partial charge in [-0.15, -0.1) is 0 Å². The van der Waals surface area contributed by atoms with Crippen molar-refractivity contribution in [3.8, 4) is 0 Å². The molecule has 1 rings (SSSR count). The van der Waals surface area contributed by atoms with Crippen LogP contribution in [-0.4, -0.2) is 40.6 Å². The molecular formula is C7H8N2O5. The lowest BCUT2D eigenvalue weighted by Gasteiger charge is -2.07. The van der Waals surface area contributed by atoms with Crippen LogP contribution in [0, 0.1) is 0 Å². The summed E-state index contributed by atoms with van der Waals surface area (Å²) in [5.41, 5.74) is 0. The number of rotatable bonds is 3. The van der Waals surface area contributed by atoms with Crippen LogP contribution in [0.5, 0.6) is 0 Å². The molecule has 0 aromatic rings. The number of nitrogens with one attached hydrogen (secondary N) is 2. The maximum Gasteiger partial charge on any atom is 0.370 e. The number of aldehydes is 1. The molecule has 7 nitrogen and oxygen atoms in total. The summed E-state index contributed by atoms with van der Waals surface area (Å²) in [6, 6.07) is -2.28. The first-order chi connectivity index (χ1) is 6.54. The Labute approximate surface area is 78.4 Å². The second kappa shape index (κ2) is 3.77. The monoisotopic (exact) mass is 200 g/mol. The quantitative estimate of drug-likeness (QED) is 0.258. The molecule has 2 atom stereocenters. The smallest absolute Gasteiger partial charge is 0.370 e. The third-order valence-electron chi connectivity index (χ3n) is 1.69. The number of urea groups is 1. The number of carbonyl (C=O) groups excluding carboxylic acids is 2. The highest BCUT2D eigenvalue weighted by Crippen LogP contribution is 2.03. The van der Waals surface area contributed by atoms with E-state index in [0.29, 0.717) is 6.29 Å². The number of carbonyl (C=O) groups is 3. The van der Waals surface area contributed by atoms with E-state index in [2.05, 4.69) is 10.6 Å². The zero-order valence-electron chi connectivity index (χ0n) is 6.93. The predicted molar refractivity (Wildman–Crippen MR) is 43.7 cm³/mol. The highest BCUT2D eigenvalue weighted by atomic mass is 16.4. The minimum absolute atomic E-state index is 0.453. The van der Waals surface area contributed by atoms with Crippen molar-refractivity contribution >= 4 is 18.3 Å². The van der Waals surface area contributed by atoms with Gasteiger partial charge in [-0.25, -0.2) is 9.59 Å². The molecule has 0 radical (unpaired) electrons. The van der Waals surface area contributed by atoms with Gasteiger partial charge in [0.05, 0.1) is 6.04 Å². The molecule has 2 unspecified atom stereocenters. The molecule has 0 aromatic carbocycles. The van der Waals surface area contributed by atoms with Crippen molar-refractivity contribution in [3.63, 3.8) is 0 Å². The molecule has 0 aromatic heterocycles. The van der Waals surface area contributed by atoms with E-state index in [0.717, 1.165) is 6.08 Å². The SMILES string of the molecule is O=CC1NC(=O)NC1/C=C(/O)C(=O)O. The number of hydrogen-bond acceptors (Lipinski definition) is 4. The molecule has 1 aliphatic heterocycles. The number of aliphatic hydroxyl groups is 1. The zero-order valence-corrected chi connectivity index (χ0v) is 6.93. The lowest BCUT2D eigenvalue weighted by atomic mass is 10.1. The second-order valence-corrected chi connectivity index (χ2v) is 2.66. The Morgan fingerprint density at radius 2 is 1.86 bits per heavy atom. The average molecular weight is 200 g/mol. The minimum Gasteiger partial charge on any atom is -0.502 e. The molecule has 0 bridgehead atoms. The first-order valence-corrected chi connectivity index (χ1v) is 3.71. The maximum atomic E-state index is 10.7. The fourth-order valence-corrected chi connectivity index (χ4v) is 1.03. The van der Waals surface area contributed by atoms with Crippen LogP contribution < -0.4 is 10.6 Å². The van der Waals surface area contributed by atoms with Crippen LogP contribution in [0.25, 0.3) is 0 Å². The van der Waals surface area contributed by atoms with Crippen LogP contribution in [0.3, 0.4) is 0 Å². The van der Waals surface area contributed by atoms with Gasteiger partial charge in [-0.1, -0.05) is 0 Å². The number of amides is 2. The molecule has 1 fully saturated rings. The molecule has 1 saturated heterocycles. The van der Waals surface area contributed by atoms with E-state index >= 15 is 0 Å². The first kappa shape index (κ1) is 10.0. The summed E-state index contributed by atoms with van der Waals surface area (Å²) in [4.78, 5) is 31.4. The molecular weight excluding hydrogens is 192 g/mol. The van der Waals surface area contributed by atoms with E-state index in [9.17, 15) is 14.4 Å². The fourth-order valence-electron chi connectivity index (χ4n) is 1.03. The summed E-state index contributed by atoms with van der Waals surface area (Å²) in [5, 5.41) is 21.7. The zero-order chi connectivity index (χ0) is 10.7. The highest BCUT2D eigenvalue weighted by molar-refractivity contribution is 5.86. The number of aliphatic hydroxyl groups excluding tert-OH is 1. The van der Waals surface area contributed by atoms with Gasteiger partial charge in [0.15, 0.2) is 5.76 Å². The summed E-state index contributed by atoms with van der Waals surface area (Å²) >= 11 is 0. The molecule has 0 aliphatic carbocycles. The van der Waals surface area contributed by atoms with Gasteiger partial charge in [0.2, 0.25) is 0 Å². The summed E-state index contributed by atoms with van der Waals surface area (Å²) < 4.78 is 0. The topological polar surface area (TPSA) is 116 Å². The van der Waals surface area contributed by atoms with Gasteiger partial charge in [0.1, 0.15) is 12.3 Å². The Hall–Kier alpha value is -2.05. The Balaban J connectivity index is 2.77. The molecule has 1 aliphatic rings. The Kier molecular flexibility index (Phi) is 2.70. The lowest BCUT2D eigenvalue weighted by molar-refractivity contribution is -0.135. The van der Waals surface area contributed by atoms with Crippen LogP contribution in [0.15, 0.2) is 11.8 Å². The standard InChI is InChI=1S/C7H8N2O5/c10-2-4-3(8-7(14)9-4)1-5(11)6(12)13/h1-4,11H,(H,12,13)(H2,8,9,14)/b5-1+. The second-order valence-electron chi connectivity index (χ2n) is 2.66. The van der Waals surface area contributed by atoms with E-state index in [1.807, 2.05) is 0 Å². The van der Waals surface area contributed by atoms with Gasteiger partial charge in [-0.3, -0.25) is 0 Å². The summed E-state index contributed by atoms with van der Waals surface area (Å²) in [7, 11) is 0. The Morgan fingerprint density at radius 1 is 1.29 bits per heavy atom. The molecule has 0 saturated carbocycles. The molecule has 2 amide bonds. The van der Waals surface area contributed by atoms with Gasteiger partial charge in [0, 0.05) is 0 Å². The van der Waals surface area contributed by atoms with Crippen molar-refractivity contribution in [3.05, 3.63) is 11.8 Å². The van der Waals surface area contributed by atoms with Gasteiger partial charge in [-0.05, 0) is 6.08 Å². The van der Waals surface area contributed by atoms with E-state index < -0.39 is 29.8 Å². The molecule has 4 N–H and O–H groups in total. The molecule has 7 heteroatoms. The van der Waals surface area contributed by atoms with Crippen molar-refractivity contribution in [1.82, 2.24) is 10.6 Å². The van der Waals surface area contributed by atoms with Crippen molar-refractivity contribution in [2.45, 2.75) is 12.1 Å². The van der Waals surface area contributed by atoms with Gasteiger partial charge >= 0.3 is 12.0 Å². The summed E-state index contributed by atoms with van der Waals surface area (Å²) in [6.45, 7) is 0. The van der Waals surface area contributed by atoms with Crippen LogP contribution in [-0.2, 0) is 9.59 Å². The van der Waals surface area contributed by atoms with Gasteiger partial charge < -0.3 is 25.6 Å². The number of hydrogen-bond donors (Lipinski definition) is 4. The van der Waals surface area contributed by atoms with Crippen LogP contribution in [0.1, 0.15) is 0 Å². The van der Waals surface area contributed by atoms with Crippen molar-refractivity contribution < 1.29 is 24.6 Å². The molecule has 1 heterocycles. The predicted octanol–water partition coefficient (Wildman–Crippen LogP) is -1.24. The van der Waals surface area contributed by atoms with E-state index in [1.54, 1.807) is 0 Å². The highest BCUT2D eigenvalue weighted by Gasteiger charge is 2.30. The van der Waals surface area contributed by atoms with E-state index in [1.165, 1.54) is 0 Å². The fraction of sp³-hybridized carbons (Fsp3) is 0.286. The minimum atomic E-state index is -1.52. The van der Waals surface area contributed by atoms with Crippen LogP contribution in [0.4, 0.5) is 4.79 Å². The number of carboxylic acids is 1. The van der Waals surface area contributed by atoms with E-state index in [-0.39, 0.29) is 0 Å². The van der Waals surface area contributed by atoms with Crippen LogP contribution >= 0.6 is 0 Å². The van der Waals surface area contributed by atoms with Crippen molar-refractivity contribution in [2.24, 2.45) is 0 Å². The Morgan fingerprint density at radius 3 is 2.36 bits per heavy atom. The van der Waals surface area contributed by atoms with Gasteiger partial charge in [0.25, 0.3) is 0 Å². The van der Waals surface area contributed by atoms with Gasteiger partial charge in [-0.2, -0.15) is 0 Å². The summed E-state index contributed by atoms with van der Waals surface area (Å²) in [5.74, 6) is -2.43. The van der Waals surface area contributed by atoms with Crippen molar-refractivity contribution in [1.29, 1.82) is 0 Å². The first-order valence-electron chi connectivity index (χ1n) is 3.71. The number of aliphatic carboxylic acids is 1. The lowest BCUT2D eigenvalue weighted by Crippen LogP contribution is -2.33. The van der Waals surface area contributed by atoms with Crippen molar-refractivity contribution in [2.75, 3.05) is 0 Å². The Bertz CT molecular complexity index is 311. The van der Waals surface area contributed by atoms with E-state index in [4.69, 9.17) is 10.2 Å². The third kappa shape index (κ3) is 2.00. The maximum absolute atomic E-state index is 10.7. The molecule has 0 spiro atoms. The van der Waals surface area contributed by atoms with Crippen LogP contribution in [0.2, 0.25) is 0 Å².